The summed E-state index contributed by atoms with van der Waals surface area (Å²) in [6.45, 7) is -1.91. The van der Waals surface area contributed by atoms with Gasteiger partial charge in [0.05, 0.1) is 10.7 Å². The Morgan fingerprint density at radius 2 is 1.38 bits per heavy atom. The molecule has 24 heavy (non-hydrogen) atoms. The second kappa shape index (κ2) is 7.31. The summed E-state index contributed by atoms with van der Waals surface area (Å²) in [6.07, 6.45) is 0. The van der Waals surface area contributed by atoms with Crippen LogP contribution < -0.4 is 15.2 Å². The molecule has 14 heteroatoms. The van der Waals surface area contributed by atoms with E-state index in [1.54, 1.807) is 9.44 Å². The number of rotatable bonds is 8. The highest BCUT2D eigenvalue weighted by Crippen LogP contribution is 2.29. The second-order valence-corrected chi connectivity index (χ2v) is 8.13. The van der Waals surface area contributed by atoms with Crippen LogP contribution in [0.15, 0.2) is 21.9 Å². The van der Waals surface area contributed by atoms with E-state index in [1.165, 1.54) is 0 Å². The first-order valence-electron chi connectivity index (χ1n) is 5.89. The molecular weight excluding hydrogens is 390 g/mol. The third-order valence-electron chi connectivity index (χ3n) is 2.47. The third-order valence-corrected chi connectivity index (χ3v) is 5.79. The van der Waals surface area contributed by atoms with Crippen LogP contribution in [-0.4, -0.2) is 52.1 Å². The highest BCUT2D eigenvalue weighted by Gasteiger charge is 2.26. The number of aliphatic carboxylic acids is 2. The Labute approximate surface area is 141 Å². The van der Waals surface area contributed by atoms with Crippen molar-refractivity contribution in [3.05, 3.63) is 17.2 Å². The first kappa shape index (κ1) is 20.1. The number of carboxylic acids is 2. The van der Waals surface area contributed by atoms with E-state index >= 15 is 0 Å². The average molecular weight is 402 g/mol. The normalized spacial score (nSPS) is 12.0. The molecular formula is C10H12ClN3O8S2. The molecule has 0 aromatic heterocycles. The fraction of sp³-hybridized carbons (Fsp3) is 0.200. The number of nitrogens with one attached hydrogen (secondary N) is 2. The van der Waals surface area contributed by atoms with Gasteiger partial charge >= 0.3 is 11.9 Å². The highest BCUT2D eigenvalue weighted by atomic mass is 35.5. The molecule has 0 fully saturated rings. The topological polar surface area (TPSA) is 193 Å². The summed E-state index contributed by atoms with van der Waals surface area (Å²) >= 11 is 5.72. The number of nitrogens with two attached hydrogens (primary N) is 1. The molecule has 11 nitrogen and oxygen atoms in total. The van der Waals surface area contributed by atoms with E-state index in [4.69, 9.17) is 27.5 Å². The maximum Gasteiger partial charge on any atom is 0.318 e. The number of nitrogen functional groups attached to an aromatic ring is 1. The largest absolute Gasteiger partial charge is 0.480 e. The molecule has 1 rings (SSSR count). The molecule has 0 saturated heterocycles. The van der Waals surface area contributed by atoms with E-state index in [1.807, 2.05) is 0 Å². The van der Waals surface area contributed by atoms with E-state index in [0.717, 1.165) is 6.07 Å². The fourth-order valence-corrected chi connectivity index (χ4v) is 4.18. The SMILES string of the molecule is Nc1cc(Cl)c(S(=O)(=O)NCC(=O)O)cc1S(=O)(=O)NCC(=O)O. The molecule has 0 aliphatic heterocycles. The van der Waals surface area contributed by atoms with Crippen LogP contribution in [-0.2, 0) is 29.6 Å². The monoisotopic (exact) mass is 401 g/mol. The number of hydrogen-bond donors (Lipinski definition) is 5. The van der Waals surface area contributed by atoms with Crippen LogP contribution in [0, 0.1) is 0 Å². The van der Waals surface area contributed by atoms with Crippen molar-refractivity contribution < 1.29 is 36.6 Å². The summed E-state index contributed by atoms with van der Waals surface area (Å²) in [5.74, 6) is -2.94. The van der Waals surface area contributed by atoms with Crippen LogP contribution >= 0.6 is 11.6 Å². The van der Waals surface area contributed by atoms with Gasteiger partial charge in [0.2, 0.25) is 20.0 Å². The Balaban J connectivity index is 3.37. The molecule has 0 aliphatic carbocycles. The number of benzene rings is 1. The lowest BCUT2D eigenvalue weighted by Crippen LogP contribution is -2.31. The Morgan fingerprint density at radius 3 is 1.79 bits per heavy atom. The molecule has 1 aromatic carbocycles. The van der Waals surface area contributed by atoms with Crippen molar-refractivity contribution >= 4 is 49.3 Å². The molecule has 134 valence electrons. The van der Waals surface area contributed by atoms with Crippen molar-refractivity contribution in [2.24, 2.45) is 0 Å². The fourth-order valence-electron chi connectivity index (χ4n) is 1.46. The van der Waals surface area contributed by atoms with E-state index in [0.29, 0.717) is 6.07 Å². The molecule has 0 bridgehead atoms. The zero-order valence-electron chi connectivity index (χ0n) is 11.7. The lowest BCUT2D eigenvalue weighted by atomic mass is 10.3. The van der Waals surface area contributed by atoms with Gasteiger partial charge in [-0.15, -0.1) is 0 Å². The first-order chi connectivity index (χ1) is 10.9. The summed E-state index contributed by atoms with van der Waals surface area (Å²) in [7, 11) is -8.88. The van der Waals surface area contributed by atoms with E-state index in [-0.39, 0.29) is 0 Å². The van der Waals surface area contributed by atoms with Gasteiger partial charge in [0.25, 0.3) is 0 Å². The Hall–Kier alpha value is -1.93. The number of carbonyl (C=O) groups is 2. The number of halogens is 1. The van der Waals surface area contributed by atoms with Gasteiger partial charge in [0, 0.05) is 0 Å². The van der Waals surface area contributed by atoms with Crippen molar-refractivity contribution in [3.63, 3.8) is 0 Å². The van der Waals surface area contributed by atoms with Crippen molar-refractivity contribution in [2.75, 3.05) is 18.8 Å². The van der Waals surface area contributed by atoms with Crippen LogP contribution in [0.1, 0.15) is 0 Å². The number of hydrogen-bond acceptors (Lipinski definition) is 7. The zero-order chi connectivity index (χ0) is 18.7. The highest BCUT2D eigenvalue weighted by molar-refractivity contribution is 7.90. The van der Waals surface area contributed by atoms with Gasteiger partial charge in [0.1, 0.15) is 22.9 Å². The summed E-state index contributed by atoms with van der Waals surface area (Å²) in [5, 5.41) is 16.6. The molecule has 0 unspecified atom stereocenters. The molecule has 0 amide bonds. The Kier molecular flexibility index (Phi) is 6.13. The zero-order valence-corrected chi connectivity index (χ0v) is 14.1. The van der Waals surface area contributed by atoms with Gasteiger partial charge in [-0.1, -0.05) is 11.6 Å². The van der Waals surface area contributed by atoms with Gasteiger partial charge in [-0.3, -0.25) is 9.59 Å². The minimum atomic E-state index is -4.44. The lowest BCUT2D eigenvalue weighted by molar-refractivity contribution is -0.136. The first-order valence-corrected chi connectivity index (χ1v) is 9.23. The summed E-state index contributed by atoms with van der Waals surface area (Å²) in [6, 6.07) is 1.44. The molecule has 1 aromatic rings. The molecule has 0 atom stereocenters. The molecule has 0 aliphatic rings. The quantitative estimate of drug-likeness (QED) is 0.327. The summed E-state index contributed by atoms with van der Waals surface area (Å²) in [4.78, 5) is 19.5. The predicted octanol–water partition coefficient (Wildman–Crippen LogP) is -1.35. The van der Waals surface area contributed by atoms with Gasteiger partial charge in [0.15, 0.2) is 0 Å². The van der Waals surface area contributed by atoms with Crippen molar-refractivity contribution in [1.29, 1.82) is 0 Å². The minimum absolute atomic E-state index is 0.421. The van der Waals surface area contributed by atoms with Crippen LogP contribution in [0.2, 0.25) is 5.02 Å². The van der Waals surface area contributed by atoms with E-state index in [9.17, 15) is 26.4 Å². The van der Waals surface area contributed by atoms with Gasteiger partial charge < -0.3 is 15.9 Å². The average Bonchev–Trinajstić information content (AvgIpc) is 2.42. The number of carboxylic acid groups (broad SMARTS) is 2. The van der Waals surface area contributed by atoms with Gasteiger partial charge in [-0.2, -0.15) is 9.44 Å². The summed E-state index contributed by atoms with van der Waals surface area (Å²) < 4.78 is 51.4. The molecule has 0 radical (unpaired) electrons. The number of anilines is 1. The van der Waals surface area contributed by atoms with Gasteiger partial charge in [-0.05, 0) is 12.1 Å². The minimum Gasteiger partial charge on any atom is -0.480 e. The molecule has 0 spiro atoms. The lowest BCUT2D eigenvalue weighted by Gasteiger charge is -2.12. The van der Waals surface area contributed by atoms with Crippen LogP contribution in [0.3, 0.4) is 0 Å². The van der Waals surface area contributed by atoms with E-state index < -0.39 is 65.6 Å². The molecule has 6 N–H and O–H groups in total. The van der Waals surface area contributed by atoms with Crippen molar-refractivity contribution in [3.8, 4) is 0 Å². The van der Waals surface area contributed by atoms with Crippen molar-refractivity contribution in [1.82, 2.24) is 9.44 Å². The van der Waals surface area contributed by atoms with Crippen LogP contribution in [0.5, 0.6) is 0 Å². The van der Waals surface area contributed by atoms with Gasteiger partial charge in [-0.25, -0.2) is 16.8 Å². The maximum atomic E-state index is 12.0. The standard InChI is InChI=1S/C10H12ClN3O8S2/c11-5-1-6(12)8(24(21,22)14-4-10(17)18)2-7(5)23(19,20)13-3-9(15)16/h1-2,13-14H,3-4,12H2,(H,15,16)(H,17,18). The molecule has 0 saturated carbocycles. The summed E-state index contributed by atoms with van der Waals surface area (Å²) in [5.41, 5.74) is 5.07. The van der Waals surface area contributed by atoms with E-state index in [2.05, 4.69) is 0 Å². The molecule has 0 heterocycles. The predicted molar refractivity (Wildman–Crippen MR) is 81.5 cm³/mol. The Morgan fingerprint density at radius 1 is 0.958 bits per heavy atom. The third kappa shape index (κ3) is 5.04. The van der Waals surface area contributed by atoms with Crippen LogP contribution in [0.4, 0.5) is 5.69 Å². The van der Waals surface area contributed by atoms with Crippen molar-refractivity contribution in [2.45, 2.75) is 9.79 Å². The maximum absolute atomic E-state index is 12.0. The second-order valence-electron chi connectivity index (χ2n) is 4.26. The smallest absolute Gasteiger partial charge is 0.318 e. The number of sulfonamides is 2. The Bertz CT molecular complexity index is 812. The van der Waals surface area contributed by atoms with Crippen LogP contribution in [0.25, 0.3) is 0 Å².